The summed E-state index contributed by atoms with van der Waals surface area (Å²) < 4.78 is 40.6. The maximum Gasteiger partial charge on any atom is 0.307 e. The number of rotatable bonds is 7. The molecule has 2 N–H and O–H groups in total. The molecule has 2 heterocycles. The zero-order chi connectivity index (χ0) is 24.3. The molecule has 34 heavy (non-hydrogen) atoms. The molecule has 1 aliphatic rings. The number of carboxylic acids is 1. The Labute approximate surface area is 197 Å². The lowest BCUT2D eigenvalue weighted by atomic mass is 9.94. The molecule has 0 aliphatic carbocycles. The zero-order valence-corrected chi connectivity index (χ0v) is 19.0. The summed E-state index contributed by atoms with van der Waals surface area (Å²) in [6.07, 6.45) is 3.13. The molecular formula is C24H24FN3O5S. The van der Waals surface area contributed by atoms with E-state index in [9.17, 15) is 27.8 Å². The second kappa shape index (κ2) is 9.88. The number of piperazine rings is 1. The second-order valence-electron chi connectivity index (χ2n) is 8.05. The summed E-state index contributed by atoms with van der Waals surface area (Å²) >= 11 is 0. The van der Waals surface area contributed by atoms with Crippen LogP contribution in [-0.4, -0.2) is 65.0 Å². The van der Waals surface area contributed by atoms with Crippen LogP contribution in [0.25, 0.3) is 0 Å². The molecule has 0 bridgehead atoms. The Kier molecular flexibility index (Phi) is 6.92. The first-order chi connectivity index (χ1) is 16.3. The van der Waals surface area contributed by atoms with Crippen LogP contribution >= 0.6 is 0 Å². The molecule has 1 aromatic heterocycles. The number of carbonyl (C=O) groups is 1. The van der Waals surface area contributed by atoms with Crippen molar-refractivity contribution in [1.29, 1.82) is 0 Å². The predicted molar refractivity (Wildman–Crippen MR) is 122 cm³/mol. The number of carboxylic acid groups (broad SMARTS) is 1. The first-order valence-corrected chi connectivity index (χ1v) is 12.1. The molecule has 178 valence electrons. The van der Waals surface area contributed by atoms with E-state index in [-0.39, 0.29) is 30.2 Å². The van der Waals surface area contributed by atoms with Crippen molar-refractivity contribution in [1.82, 2.24) is 14.2 Å². The molecule has 4 rings (SSSR count). The average Bonchev–Trinajstić information content (AvgIpc) is 2.82. The van der Waals surface area contributed by atoms with Gasteiger partial charge in [0, 0.05) is 44.1 Å². The van der Waals surface area contributed by atoms with Crippen molar-refractivity contribution >= 4 is 16.0 Å². The fourth-order valence-electron chi connectivity index (χ4n) is 4.19. The lowest BCUT2D eigenvalue weighted by Crippen LogP contribution is -2.49. The number of aromatic hydroxyl groups is 1. The molecule has 1 atom stereocenters. The minimum Gasteiger partial charge on any atom is -0.508 e. The first kappa shape index (κ1) is 23.8. The maximum absolute atomic E-state index is 13.2. The Balaban J connectivity index is 1.61. The van der Waals surface area contributed by atoms with Gasteiger partial charge in [-0.1, -0.05) is 12.1 Å². The van der Waals surface area contributed by atoms with Crippen molar-refractivity contribution in [3.05, 3.63) is 89.5 Å². The molecule has 10 heteroatoms. The first-order valence-electron chi connectivity index (χ1n) is 10.7. The summed E-state index contributed by atoms with van der Waals surface area (Å²) in [5, 5.41) is 19.8. The number of hydrogen-bond acceptors (Lipinski definition) is 6. The SMILES string of the molecule is O=C(O)Cc1ccc(O)c(C(c2cccnc2)N2CCN(S(=O)(=O)c3ccc(F)cc3)CC2)c1. The third-order valence-corrected chi connectivity index (χ3v) is 7.74. The molecule has 3 aromatic rings. The zero-order valence-electron chi connectivity index (χ0n) is 18.2. The van der Waals surface area contributed by atoms with Crippen LogP contribution in [0.4, 0.5) is 4.39 Å². The Morgan fingerprint density at radius 3 is 2.38 bits per heavy atom. The van der Waals surface area contributed by atoms with E-state index in [2.05, 4.69) is 4.98 Å². The quantitative estimate of drug-likeness (QED) is 0.529. The number of nitrogens with zero attached hydrogens (tertiary/aromatic N) is 3. The summed E-state index contributed by atoms with van der Waals surface area (Å²) in [7, 11) is -3.77. The van der Waals surface area contributed by atoms with Gasteiger partial charge in [-0.15, -0.1) is 0 Å². The molecular weight excluding hydrogens is 461 g/mol. The number of phenols is 1. The van der Waals surface area contributed by atoms with Gasteiger partial charge in [-0.25, -0.2) is 12.8 Å². The Bertz CT molecular complexity index is 1260. The summed E-state index contributed by atoms with van der Waals surface area (Å²) in [5.41, 5.74) is 1.87. The number of sulfonamides is 1. The van der Waals surface area contributed by atoms with Gasteiger partial charge < -0.3 is 10.2 Å². The fourth-order valence-corrected chi connectivity index (χ4v) is 5.61. The van der Waals surface area contributed by atoms with Gasteiger partial charge in [0.15, 0.2) is 0 Å². The van der Waals surface area contributed by atoms with Crippen molar-refractivity contribution in [3.63, 3.8) is 0 Å². The lowest BCUT2D eigenvalue weighted by Gasteiger charge is -2.39. The fraction of sp³-hybridized carbons (Fsp3) is 0.250. The standard InChI is InChI=1S/C24H24FN3O5S/c25-19-4-6-20(7-5-19)34(32,33)28-12-10-27(11-13-28)24(18-2-1-9-26-16-18)21-14-17(15-23(30)31)3-8-22(21)29/h1-9,14,16,24,29H,10-13,15H2,(H,30,31). The minimum atomic E-state index is -3.77. The summed E-state index contributed by atoms with van der Waals surface area (Å²) in [4.78, 5) is 17.5. The van der Waals surface area contributed by atoms with Crippen LogP contribution in [0.2, 0.25) is 0 Å². The van der Waals surface area contributed by atoms with E-state index in [4.69, 9.17) is 0 Å². The Morgan fingerprint density at radius 1 is 1.06 bits per heavy atom. The molecule has 1 unspecified atom stereocenters. The second-order valence-corrected chi connectivity index (χ2v) is 9.98. The van der Waals surface area contributed by atoms with Crippen LogP contribution in [0.1, 0.15) is 22.7 Å². The van der Waals surface area contributed by atoms with Crippen molar-refractivity contribution in [3.8, 4) is 5.75 Å². The van der Waals surface area contributed by atoms with E-state index in [1.165, 1.54) is 22.5 Å². The number of hydrogen-bond donors (Lipinski definition) is 2. The highest BCUT2D eigenvalue weighted by Gasteiger charge is 2.33. The molecule has 2 aromatic carbocycles. The van der Waals surface area contributed by atoms with E-state index in [0.717, 1.165) is 17.7 Å². The molecule has 0 saturated carbocycles. The van der Waals surface area contributed by atoms with Crippen molar-refractivity contribution in [2.45, 2.75) is 17.4 Å². The largest absolute Gasteiger partial charge is 0.508 e. The molecule has 0 radical (unpaired) electrons. The van der Waals surface area contributed by atoms with Gasteiger partial charge in [-0.3, -0.25) is 14.7 Å². The van der Waals surface area contributed by atoms with Crippen LogP contribution in [0.3, 0.4) is 0 Å². The lowest BCUT2D eigenvalue weighted by molar-refractivity contribution is -0.136. The van der Waals surface area contributed by atoms with Crippen molar-refractivity contribution in [2.24, 2.45) is 0 Å². The number of aliphatic carboxylic acids is 1. The third-order valence-electron chi connectivity index (χ3n) is 5.83. The van der Waals surface area contributed by atoms with E-state index in [0.29, 0.717) is 24.2 Å². The summed E-state index contributed by atoms with van der Waals surface area (Å²) in [5.74, 6) is -1.47. The Hall–Kier alpha value is -3.34. The van der Waals surface area contributed by atoms with Crippen LogP contribution in [0.15, 0.2) is 71.9 Å². The van der Waals surface area contributed by atoms with E-state index in [1.807, 2.05) is 11.0 Å². The highest BCUT2D eigenvalue weighted by molar-refractivity contribution is 7.89. The highest BCUT2D eigenvalue weighted by atomic mass is 32.2. The van der Waals surface area contributed by atoms with Crippen LogP contribution in [0.5, 0.6) is 5.75 Å². The molecule has 0 amide bonds. The normalized spacial score (nSPS) is 16.3. The van der Waals surface area contributed by atoms with Gasteiger partial charge in [0.2, 0.25) is 10.0 Å². The van der Waals surface area contributed by atoms with Crippen molar-refractivity contribution < 1.29 is 27.8 Å². The number of benzene rings is 2. The van der Waals surface area contributed by atoms with Gasteiger partial charge in [0.1, 0.15) is 11.6 Å². The topological polar surface area (TPSA) is 111 Å². The highest BCUT2D eigenvalue weighted by Crippen LogP contribution is 2.36. The van der Waals surface area contributed by atoms with Crippen LogP contribution in [0, 0.1) is 5.82 Å². The average molecular weight is 486 g/mol. The van der Waals surface area contributed by atoms with Crippen LogP contribution in [-0.2, 0) is 21.2 Å². The van der Waals surface area contributed by atoms with Gasteiger partial charge in [0.05, 0.1) is 17.4 Å². The number of halogens is 1. The summed E-state index contributed by atoms with van der Waals surface area (Å²) in [6, 6.07) is 12.7. The van der Waals surface area contributed by atoms with E-state index < -0.39 is 27.9 Å². The third kappa shape index (κ3) is 5.09. The van der Waals surface area contributed by atoms with Gasteiger partial charge >= 0.3 is 5.97 Å². The van der Waals surface area contributed by atoms with E-state index >= 15 is 0 Å². The maximum atomic E-state index is 13.2. The molecule has 8 nitrogen and oxygen atoms in total. The number of phenolic OH excluding ortho intramolecular Hbond substituents is 1. The molecule has 1 aliphatic heterocycles. The molecule has 1 saturated heterocycles. The van der Waals surface area contributed by atoms with Gasteiger partial charge in [0.25, 0.3) is 0 Å². The van der Waals surface area contributed by atoms with Gasteiger partial charge in [-0.2, -0.15) is 4.31 Å². The Morgan fingerprint density at radius 2 is 1.76 bits per heavy atom. The summed E-state index contributed by atoms with van der Waals surface area (Å²) in [6.45, 7) is 1.13. The monoisotopic (exact) mass is 485 g/mol. The molecule has 1 fully saturated rings. The van der Waals surface area contributed by atoms with E-state index in [1.54, 1.807) is 30.6 Å². The van der Waals surface area contributed by atoms with Crippen molar-refractivity contribution in [2.75, 3.05) is 26.2 Å². The smallest absolute Gasteiger partial charge is 0.307 e. The number of pyridine rings is 1. The van der Waals surface area contributed by atoms with Crippen LogP contribution < -0.4 is 0 Å². The minimum absolute atomic E-state index is 0.0179. The van der Waals surface area contributed by atoms with Gasteiger partial charge in [-0.05, 0) is 53.6 Å². The molecule has 0 spiro atoms. The number of aromatic nitrogens is 1. The predicted octanol–water partition coefficient (Wildman–Crippen LogP) is 2.65.